The number of rotatable bonds is 4. The lowest BCUT2D eigenvalue weighted by atomic mass is 10.2. The molecule has 2 aromatic heterocycles. The molecule has 0 bridgehead atoms. The first-order chi connectivity index (χ1) is 10.7. The summed E-state index contributed by atoms with van der Waals surface area (Å²) in [5.74, 6) is 0.0126. The van der Waals surface area contributed by atoms with Crippen LogP contribution in [0.15, 0.2) is 45.8 Å². The van der Waals surface area contributed by atoms with E-state index in [4.69, 9.17) is 4.42 Å². The van der Waals surface area contributed by atoms with Gasteiger partial charge in [-0.25, -0.2) is 0 Å². The summed E-state index contributed by atoms with van der Waals surface area (Å²) in [7, 11) is 1.77. The summed E-state index contributed by atoms with van der Waals surface area (Å²) in [6.07, 6.45) is 3.55. The van der Waals surface area contributed by atoms with Crippen LogP contribution >= 0.6 is 11.8 Å². The Bertz CT molecular complexity index is 811. The van der Waals surface area contributed by atoms with E-state index in [1.165, 1.54) is 11.8 Å². The van der Waals surface area contributed by atoms with Crippen molar-refractivity contribution in [3.63, 3.8) is 0 Å². The number of carbonyl (C=O) groups excluding carboxylic acids is 1. The number of hydrogen-bond donors (Lipinski definition) is 1. The predicted molar refractivity (Wildman–Crippen MR) is 82.7 cm³/mol. The smallest absolute Gasteiger partial charge is 0.322 e. The van der Waals surface area contributed by atoms with Crippen molar-refractivity contribution in [3.8, 4) is 11.6 Å². The molecule has 0 saturated heterocycles. The molecule has 7 nitrogen and oxygen atoms in total. The Morgan fingerprint density at radius 2 is 2.09 bits per heavy atom. The zero-order valence-corrected chi connectivity index (χ0v) is 12.8. The van der Waals surface area contributed by atoms with E-state index in [2.05, 4.69) is 20.6 Å². The first-order valence-electron chi connectivity index (χ1n) is 6.45. The van der Waals surface area contributed by atoms with Crippen LogP contribution in [0, 0.1) is 0 Å². The number of aromatic nitrogens is 4. The molecule has 0 saturated carbocycles. The summed E-state index contributed by atoms with van der Waals surface area (Å²) < 4.78 is 7.07. The van der Waals surface area contributed by atoms with Crippen molar-refractivity contribution in [2.45, 2.75) is 4.90 Å². The maximum absolute atomic E-state index is 12.3. The van der Waals surface area contributed by atoms with Crippen molar-refractivity contribution in [1.29, 1.82) is 0 Å². The fraction of sp³-hybridized carbons (Fsp3) is 0.143. The van der Waals surface area contributed by atoms with Gasteiger partial charge in [0, 0.05) is 18.1 Å². The van der Waals surface area contributed by atoms with E-state index in [0.29, 0.717) is 17.1 Å². The maximum atomic E-state index is 12.3. The lowest BCUT2D eigenvalue weighted by molar-refractivity contribution is 0.102. The molecule has 0 spiro atoms. The van der Waals surface area contributed by atoms with E-state index in [9.17, 15) is 4.79 Å². The molecule has 1 amide bonds. The average Bonchev–Trinajstić information content (AvgIpc) is 3.15. The number of hydrogen-bond acceptors (Lipinski definition) is 6. The third kappa shape index (κ3) is 2.73. The van der Waals surface area contributed by atoms with E-state index in [-0.39, 0.29) is 11.9 Å². The second-order valence-electron chi connectivity index (χ2n) is 4.41. The van der Waals surface area contributed by atoms with Crippen LogP contribution in [0.2, 0.25) is 0 Å². The first kappa shape index (κ1) is 14.3. The number of anilines is 1. The van der Waals surface area contributed by atoms with Crippen molar-refractivity contribution in [3.05, 3.63) is 42.1 Å². The molecule has 0 aliphatic heterocycles. The molecule has 112 valence electrons. The van der Waals surface area contributed by atoms with Crippen LogP contribution in [0.25, 0.3) is 11.6 Å². The minimum absolute atomic E-state index is 0.0529. The highest BCUT2D eigenvalue weighted by atomic mass is 32.2. The zero-order valence-electron chi connectivity index (χ0n) is 12.0. The van der Waals surface area contributed by atoms with Gasteiger partial charge in [0.25, 0.3) is 11.8 Å². The number of amides is 1. The summed E-state index contributed by atoms with van der Waals surface area (Å²) in [5, 5.41) is 14.4. The van der Waals surface area contributed by atoms with Gasteiger partial charge in [-0.15, -0.1) is 16.9 Å². The molecule has 0 atom stereocenters. The highest BCUT2D eigenvalue weighted by Crippen LogP contribution is 2.22. The number of nitrogens with zero attached hydrogens (tertiary/aromatic N) is 4. The number of aryl methyl sites for hydroxylation is 1. The molecule has 0 unspecified atom stereocenters. The van der Waals surface area contributed by atoms with Crippen LogP contribution in [0.4, 0.5) is 6.01 Å². The van der Waals surface area contributed by atoms with Crippen molar-refractivity contribution < 1.29 is 9.21 Å². The van der Waals surface area contributed by atoms with Gasteiger partial charge in [0.1, 0.15) is 5.69 Å². The van der Waals surface area contributed by atoms with Crippen LogP contribution in [0.1, 0.15) is 10.4 Å². The Morgan fingerprint density at radius 3 is 2.82 bits per heavy atom. The highest BCUT2D eigenvalue weighted by Gasteiger charge is 2.16. The normalized spacial score (nSPS) is 10.6. The molecule has 0 fully saturated rings. The van der Waals surface area contributed by atoms with E-state index in [1.807, 2.05) is 24.5 Å². The Labute approximate surface area is 130 Å². The topological polar surface area (TPSA) is 85.8 Å². The van der Waals surface area contributed by atoms with Crippen molar-refractivity contribution >= 4 is 23.7 Å². The molecule has 3 aromatic rings. The van der Waals surface area contributed by atoms with Crippen molar-refractivity contribution in [2.75, 3.05) is 11.6 Å². The minimum Gasteiger partial charge on any atom is -0.401 e. The summed E-state index contributed by atoms with van der Waals surface area (Å²) >= 11 is 1.50. The number of nitrogens with one attached hydrogen (secondary N) is 1. The van der Waals surface area contributed by atoms with E-state index >= 15 is 0 Å². The highest BCUT2D eigenvalue weighted by molar-refractivity contribution is 7.98. The number of carbonyl (C=O) groups is 1. The van der Waals surface area contributed by atoms with Crippen LogP contribution in [-0.2, 0) is 7.05 Å². The summed E-state index contributed by atoms with van der Waals surface area (Å²) in [5.41, 5.74) is 1.24. The fourth-order valence-electron chi connectivity index (χ4n) is 1.96. The Hall–Kier alpha value is -2.61. The third-order valence-electron chi connectivity index (χ3n) is 3.04. The summed E-state index contributed by atoms with van der Waals surface area (Å²) in [4.78, 5) is 13.2. The van der Waals surface area contributed by atoms with E-state index < -0.39 is 0 Å². The van der Waals surface area contributed by atoms with Gasteiger partial charge in [0.05, 0.1) is 5.56 Å². The molecule has 1 aromatic carbocycles. The van der Waals surface area contributed by atoms with E-state index in [0.717, 1.165) is 4.90 Å². The summed E-state index contributed by atoms with van der Waals surface area (Å²) in [6.45, 7) is 0. The Kier molecular flexibility index (Phi) is 3.92. The fourth-order valence-corrected chi connectivity index (χ4v) is 2.55. The van der Waals surface area contributed by atoms with Crippen molar-refractivity contribution in [1.82, 2.24) is 20.0 Å². The lowest BCUT2D eigenvalue weighted by Crippen LogP contribution is -2.13. The second-order valence-corrected chi connectivity index (χ2v) is 5.25. The summed E-state index contributed by atoms with van der Waals surface area (Å²) in [6, 6.07) is 9.13. The standard InChI is InChI=1S/C14H13N5O2S/c1-19-10(7-8-15-19)13-17-18-14(21-13)16-12(20)9-5-3-4-6-11(9)22-2/h3-8H,1-2H3,(H,16,18,20). The van der Waals surface area contributed by atoms with Gasteiger partial charge in [-0.3, -0.25) is 14.8 Å². The largest absolute Gasteiger partial charge is 0.401 e. The quantitative estimate of drug-likeness (QED) is 0.744. The number of benzene rings is 1. The Balaban J connectivity index is 1.81. The maximum Gasteiger partial charge on any atom is 0.322 e. The van der Waals surface area contributed by atoms with E-state index in [1.54, 1.807) is 30.1 Å². The molecule has 8 heteroatoms. The molecule has 0 radical (unpaired) electrons. The SMILES string of the molecule is CSc1ccccc1C(=O)Nc1nnc(-c2ccnn2C)o1. The van der Waals surface area contributed by atoms with Gasteiger partial charge >= 0.3 is 6.01 Å². The molecule has 0 aliphatic rings. The van der Waals surface area contributed by atoms with Gasteiger partial charge in [-0.2, -0.15) is 5.10 Å². The monoisotopic (exact) mass is 315 g/mol. The first-order valence-corrected chi connectivity index (χ1v) is 7.68. The molecule has 0 aliphatic carbocycles. The lowest BCUT2D eigenvalue weighted by Gasteiger charge is -2.05. The van der Waals surface area contributed by atoms with Crippen LogP contribution in [0.3, 0.4) is 0 Å². The van der Waals surface area contributed by atoms with Gasteiger partial charge in [0.15, 0.2) is 0 Å². The van der Waals surface area contributed by atoms with Crippen LogP contribution in [-0.4, -0.2) is 32.1 Å². The predicted octanol–water partition coefficient (Wildman–Crippen LogP) is 2.44. The van der Waals surface area contributed by atoms with Crippen molar-refractivity contribution in [2.24, 2.45) is 7.05 Å². The molecular formula is C14H13N5O2S. The second kappa shape index (κ2) is 6.02. The van der Waals surface area contributed by atoms with Crippen LogP contribution in [0.5, 0.6) is 0 Å². The minimum atomic E-state index is -0.287. The van der Waals surface area contributed by atoms with Crippen LogP contribution < -0.4 is 5.32 Å². The molecule has 2 heterocycles. The molecular weight excluding hydrogens is 302 g/mol. The Morgan fingerprint density at radius 1 is 1.27 bits per heavy atom. The van der Waals surface area contributed by atoms with Gasteiger partial charge < -0.3 is 4.42 Å². The molecule has 1 N–H and O–H groups in total. The van der Waals surface area contributed by atoms with Gasteiger partial charge in [0.2, 0.25) is 0 Å². The van der Waals surface area contributed by atoms with Gasteiger partial charge in [-0.1, -0.05) is 17.2 Å². The molecule has 22 heavy (non-hydrogen) atoms. The zero-order chi connectivity index (χ0) is 15.5. The number of thioether (sulfide) groups is 1. The third-order valence-corrected chi connectivity index (χ3v) is 3.83. The molecule has 3 rings (SSSR count). The van der Waals surface area contributed by atoms with Gasteiger partial charge in [-0.05, 0) is 24.5 Å². The average molecular weight is 315 g/mol.